The van der Waals surface area contributed by atoms with Crippen LogP contribution in [0.3, 0.4) is 0 Å². The van der Waals surface area contributed by atoms with E-state index in [-0.39, 0.29) is 11.1 Å². The summed E-state index contributed by atoms with van der Waals surface area (Å²) in [6.45, 7) is 11.1. The summed E-state index contributed by atoms with van der Waals surface area (Å²) in [4.78, 5) is 17.5. The molecule has 0 radical (unpaired) electrons. The molecule has 0 spiro atoms. The van der Waals surface area contributed by atoms with Crippen molar-refractivity contribution >= 4 is 22.9 Å². The highest BCUT2D eigenvalue weighted by molar-refractivity contribution is 6.30. The molecule has 1 atom stereocenters. The summed E-state index contributed by atoms with van der Waals surface area (Å²) in [6, 6.07) is 14.1. The second-order valence-electron chi connectivity index (χ2n) is 8.79. The predicted octanol–water partition coefficient (Wildman–Crippen LogP) is 3.39. The van der Waals surface area contributed by atoms with Crippen LogP contribution in [0.2, 0.25) is 5.02 Å². The first kappa shape index (κ1) is 20.0. The lowest BCUT2D eigenvalue weighted by Gasteiger charge is -2.43. The van der Waals surface area contributed by atoms with Gasteiger partial charge in [0.15, 0.2) is 5.65 Å². The van der Waals surface area contributed by atoms with Gasteiger partial charge in [0.1, 0.15) is 0 Å². The Morgan fingerprint density at radius 1 is 1.14 bits per heavy atom. The Morgan fingerprint density at radius 2 is 1.97 bits per heavy atom. The van der Waals surface area contributed by atoms with Crippen molar-refractivity contribution < 1.29 is 0 Å². The van der Waals surface area contributed by atoms with Crippen molar-refractivity contribution in [2.24, 2.45) is 5.41 Å². The molecule has 2 aromatic heterocycles. The molecule has 0 bridgehead atoms. The van der Waals surface area contributed by atoms with E-state index < -0.39 is 0 Å². The Hall–Kier alpha value is -2.31. The molecule has 1 aliphatic rings. The minimum atomic E-state index is -0.0761. The van der Waals surface area contributed by atoms with E-state index in [4.69, 9.17) is 11.6 Å². The van der Waals surface area contributed by atoms with Crippen LogP contribution in [0.1, 0.15) is 20.8 Å². The molecule has 1 aliphatic heterocycles. The van der Waals surface area contributed by atoms with Gasteiger partial charge in [-0.15, -0.1) is 5.10 Å². The van der Waals surface area contributed by atoms with E-state index in [1.807, 2.05) is 36.4 Å². The third-order valence-corrected chi connectivity index (χ3v) is 5.80. The quantitative estimate of drug-likeness (QED) is 0.643. The largest absolute Gasteiger partial charge is 0.366 e. The third-order valence-electron chi connectivity index (χ3n) is 5.57. The van der Waals surface area contributed by atoms with Gasteiger partial charge in [-0.25, -0.2) is 9.48 Å². The Bertz CT molecular complexity index is 1060. The molecule has 0 aliphatic carbocycles. The molecule has 1 fully saturated rings. The van der Waals surface area contributed by atoms with E-state index in [2.05, 4.69) is 41.7 Å². The summed E-state index contributed by atoms with van der Waals surface area (Å²) < 4.78 is 3.20. The lowest BCUT2D eigenvalue weighted by Crippen LogP contribution is -2.54. The minimum absolute atomic E-state index is 0.0697. The lowest BCUT2D eigenvalue weighted by molar-refractivity contribution is 0.135. The third kappa shape index (κ3) is 4.33. The van der Waals surface area contributed by atoms with Crippen LogP contribution >= 0.6 is 11.6 Å². The highest BCUT2D eigenvalue weighted by atomic mass is 35.5. The van der Waals surface area contributed by atoms with Gasteiger partial charge in [-0.05, 0) is 42.7 Å². The fraction of sp³-hybridized carbons (Fsp3) is 0.455. The fourth-order valence-corrected chi connectivity index (χ4v) is 4.53. The second kappa shape index (κ2) is 7.84. The average molecular weight is 414 g/mol. The number of piperazine rings is 1. The number of hydrogen-bond acceptors (Lipinski definition) is 4. The van der Waals surface area contributed by atoms with Crippen LogP contribution in [0.25, 0.3) is 5.65 Å². The van der Waals surface area contributed by atoms with Crippen LogP contribution in [0.5, 0.6) is 0 Å². The highest BCUT2D eigenvalue weighted by Crippen LogP contribution is 2.26. The number of aromatic nitrogens is 3. The van der Waals surface area contributed by atoms with E-state index in [1.165, 1.54) is 5.69 Å². The van der Waals surface area contributed by atoms with Crippen molar-refractivity contribution in [3.8, 4) is 0 Å². The summed E-state index contributed by atoms with van der Waals surface area (Å²) in [6.07, 6.45) is 1.77. The number of benzene rings is 1. The van der Waals surface area contributed by atoms with Gasteiger partial charge in [0, 0.05) is 49.1 Å². The molecule has 154 valence electrons. The minimum Gasteiger partial charge on any atom is -0.366 e. The van der Waals surface area contributed by atoms with Crippen molar-refractivity contribution in [1.29, 1.82) is 0 Å². The molecule has 3 aromatic rings. The molecule has 29 heavy (non-hydrogen) atoms. The van der Waals surface area contributed by atoms with Crippen LogP contribution in [0, 0.1) is 5.41 Å². The van der Waals surface area contributed by atoms with Crippen LogP contribution in [-0.4, -0.2) is 51.3 Å². The number of rotatable bonds is 5. The standard InChI is InChI=1S/C22H28ClN5O/c1-17-14-25(11-12-26(17)19-8-6-7-18(23)13-19)15-22(2,3)16-28-21(29)27-10-5-4-9-20(27)24-28/h4-10,13,17H,11-12,14-16H2,1-3H3. The second-order valence-corrected chi connectivity index (χ2v) is 9.23. The molecular weight excluding hydrogens is 386 g/mol. The van der Waals surface area contributed by atoms with Crippen molar-refractivity contribution in [3.63, 3.8) is 0 Å². The summed E-state index contributed by atoms with van der Waals surface area (Å²) in [5, 5.41) is 5.27. The highest BCUT2D eigenvalue weighted by Gasteiger charge is 2.29. The molecule has 3 heterocycles. The number of pyridine rings is 1. The van der Waals surface area contributed by atoms with E-state index >= 15 is 0 Å². The zero-order valence-electron chi connectivity index (χ0n) is 17.3. The number of hydrogen-bond donors (Lipinski definition) is 0. The van der Waals surface area contributed by atoms with E-state index in [0.29, 0.717) is 18.2 Å². The van der Waals surface area contributed by atoms with Gasteiger partial charge in [-0.2, -0.15) is 0 Å². The topological polar surface area (TPSA) is 45.8 Å². The predicted molar refractivity (Wildman–Crippen MR) is 118 cm³/mol. The Balaban J connectivity index is 1.42. The van der Waals surface area contributed by atoms with Gasteiger partial charge in [-0.3, -0.25) is 9.30 Å². The molecule has 0 N–H and O–H groups in total. The Labute approximate surface area is 176 Å². The van der Waals surface area contributed by atoms with Crippen molar-refractivity contribution in [1.82, 2.24) is 19.1 Å². The van der Waals surface area contributed by atoms with Gasteiger partial charge < -0.3 is 4.90 Å². The van der Waals surface area contributed by atoms with E-state index in [9.17, 15) is 4.79 Å². The Morgan fingerprint density at radius 3 is 2.69 bits per heavy atom. The van der Waals surface area contributed by atoms with Gasteiger partial charge >= 0.3 is 5.69 Å². The molecule has 7 heteroatoms. The van der Waals surface area contributed by atoms with Gasteiger partial charge in [0.25, 0.3) is 0 Å². The van der Waals surface area contributed by atoms with Crippen LogP contribution in [0.15, 0.2) is 53.5 Å². The van der Waals surface area contributed by atoms with Crippen LogP contribution in [-0.2, 0) is 6.54 Å². The maximum Gasteiger partial charge on any atom is 0.350 e. The van der Waals surface area contributed by atoms with Crippen molar-refractivity contribution in [3.05, 3.63) is 64.2 Å². The first-order chi connectivity index (χ1) is 13.8. The van der Waals surface area contributed by atoms with Gasteiger partial charge in [-0.1, -0.05) is 37.6 Å². The molecular formula is C22H28ClN5O. The smallest absolute Gasteiger partial charge is 0.350 e. The van der Waals surface area contributed by atoms with E-state index in [1.54, 1.807) is 15.3 Å². The molecule has 0 amide bonds. The molecule has 0 saturated carbocycles. The maximum atomic E-state index is 12.6. The summed E-state index contributed by atoms with van der Waals surface area (Å²) in [5.41, 5.74) is 1.73. The first-order valence-electron chi connectivity index (χ1n) is 10.1. The fourth-order valence-electron chi connectivity index (χ4n) is 4.35. The SMILES string of the molecule is CC1CN(CC(C)(C)Cn2nc3ccccn3c2=O)CCN1c1cccc(Cl)c1. The molecule has 1 unspecified atom stereocenters. The van der Waals surface area contributed by atoms with Crippen molar-refractivity contribution in [2.45, 2.75) is 33.4 Å². The lowest BCUT2D eigenvalue weighted by atomic mass is 9.92. The normalized spacial score (nSPS) is 18.5. The Kier molecular flexibility index (Phi) is 5.40. The zero-order valence-corrected chi connectivity index (χ0v) is 18.0. The number of anilines is 1. The first-order valence-corrected chi connectivity index (χ1v) is 10.5. The number of fused-ring (bicyclic) bond motifs is 1. The molecule has 1 saturated heterocycles. The zero-order chi connectivity index (χ0) is 20.6. The monoisotopic (exact) mass is 413 g/mol. The van der Waals surface area contributed by atoms with Crippen LogP contribution < -0.4 is 10.6 Å². The van der Waals surface area contributed by atoms with Gasteiger partial charge in [0.05, 0.1) is 6.54 Å². The van der Waals surface area contributed by atoms with E-state index in [0.717, 1.165) is 31.2 Å². The number of halogens is 1. The molecule has 4 rings (SSSR count). The molecule has 1 aromatic carbocycles. The maximum absolute atomic E-state index is 12.6. The van der Waals surface area contributed by atoms with Gasteiger partial charge in [0.2, 0.25) is 0 Å². The summed E-state index contributed by atoms with van der Waals surface area (Å²) >= 11 is 6.17. The van der Waals surface area contributed by atoms with Crippen molar-refractivity contribution in [2.75, 3.05) is 31.1 Å². The van der Waals surface area contributed by atoms with Crippen LogP contribution in [0.4, 0.5) is 5.69 Å². The average Bonchev–Trinajstić information content (AvgIpc) is 2.97. The summed E-state index contributed by atoms with van der Waals surface area (Å²) in [5.74, 6) is 0. The molecule has 6 nitrogen and oxygen atoms in total. The summed E-state index contributed by atoms with van der Waals surface area (Å²) in [7, 11) is 0. The number of nitrogens with zero attached hydrogens (tertiary/aromatic N) is 5.